The van der Waals surface area contributed by atoms with Gasteiger partial charge in [-0.3, -0.25) is 9.13 Å². The molecular formula is C26H35N5O3. The van der Waals surface area contributed by atoms with E-state index in [2.05, 4.69) is 36.3 Å². The molecule has 2 N–H and O–H groups in total. The van der Waals surface area contributed by atoms with E-state index >= 15 is 0 Å². The van der Waals surface area contributed by atoms with Crippen LogP contribution >= 0.6 is 0 Å². The maximum Gasteiger partial charge on any atom is 0.330 e. The van der Waals surface area contributed by atoms with Crippen molar-refractivity contribution in [2.24, 2.45) is 24.8 Å². The average Bonchev–Trinajstić information content (AvgIpc) is 3.38. The van der Waals surface area contributed by atoms with Gasteiger partial charge in [-0.25, -0.2) is 9.78 Å². The highest BCUT2D eigenvalue weighted by Gasteiger charge is 2.49. The molecule has 8 nitrogen and oxygen atoms in total. The fourth-order valence-corrected chi connectivity index (χ4v) is 7.06. The summed E-state index contributed by atoms with van der Waals surface area (Å²) in [5.41, 5.74) is 3.25. The molecule has 0 radical (unpaired) electrons. The summed E-state index contributed by atoms with van der Waals surface area (Å²) in [5.74, 6) is 1.34. The van der Waals surface area contributed by atoms with Gasteiger partial charge in [0.05, 0.1) is 23.9 Å². The molecule has 0 spiro atoms. The summed E-state index contributed by atoms with van der Waals surface area (Å²) in [5, 5.41) is 14.3. The summed E-state index contributed by atoms with van der Waals surface area (Å²) in [6.07, 6.45) is 12.7. The van der Waals surface area contributed by atoms with Gasteiger partial charge >= 0.3 is 5.69 Å². The molecule has 8 heteroatoms. The average molecular weight is 466 g/mol. The topological polar surface area (TPSA) is 94.2 Å². The van der Waals surface area contributed by atoms with Crippen molar-refractivity contribution >= 4 is 17.1 Å². The molecule has 1 saturated heterocycles. The van der Waals surface area contributed by atoms with Gasteiger partial charge in [0.1, 0.15) is 5.52 Å². The maximum atomic E-state index is 13.6. The van der Waals surface area contributed by atoms with Gasteiger partial charge in [0.2, 0.25) is 5.95 Å². The number of hydrogen-bond acceptors (Lipinski definition) is 6. The molecule has 182 valence electrons. The molecule has 1 aliphatic heterocycles. The van der Waals surface area contributed by atoms with Gasteiger partial charge in [-0.1, -0.05) is 31.9 Å². The number of allylic oxidation sites excluding steroid dienone is 1. The Kier molecular flexibility index (Phi) is 5.22. The second kappa shape index (κ2) is 8.05. The molecule has 0 amide bonds. The number of fused-ring (bicyclic) bond motifs is 4. The minimum absolute atomic E-state index is 0.0350. The van der Waals surface area contributed by atoms with Crippen molar-refractivity contribution in [2.45, 2.75) is 76.5 Å². The van der Waals surface area contributed by atoms with Crippen LogP contribution in [0.4, 0.5) is 5.95 Å². The van der Waals surface area contributed by atoms with E-state index in [1.165, 1.54) is 0 Å². The van der Waals surface area contributed by atoms with Crippen LogP contribution in [0.3, 0.4) is 0 Å². The number of aromatic nitrogens is 4. The number of aryl methyl sites for hydroxylation is 1. The van der Waals surface area contributed by atoms with Crippen LogP contribution in [0.5, 0.6) is 0 Å². The molecule has 3 aliphatic carbocycles. The zero-order valence-corrected chi connectivity index (χ0v) is 20.3. The second-order valence-electron chi connectivity index (χ2n) is 10.9. The molecule has 4 aliphatic rings. The lowest BCUT2D eigenvalue weighted by molar-refractivity contribution is -0.0628. The zero-order valence-electron chi connectivity index (χ0n) is 20.3. The lowest BCUT2D eigenvalue weighted by Gasteiger charge is -2.51. The first-order valence-electron chi connectivity index (χ1n) is 12.8. The second-order valence-corrected chi connectivity index (χ2v) is 10.9. The Morgan fingerprint density at radius 2 is 2.15 bits per heavy atom. The van der Waals surface area contributed by atoms with E-state index in [0.29, 0.717) is 17.5 Å². The van der Waals surface area contributed by atoms with E-state index in [-0.39, 0.29) is 35.3 Å². The van der Waals surface area contributed by atoms with Crippen LogP contribution in [-0.4, -0.2) is 43.0 Å². The van der Waals surface area contributed by atoms with E-state index in [0.717, 1.165) is 68.3 Å². The van der Waals surface area contributed by atoms with Crippen LogP contribution in [0.25, 0.3) is 11.2 Å². The Hall–Kier alpha value is -2.45. The fraction of sp³-hybridized carbons (Fsp3) is 0.654. The standard InChI is InChI=1S/C26H35N5O3/c1-4-16-12-26(8-5-6-18(13-26)22(16)32)31-23-20(30(3)25(31)33)14-27-24(29-23)28-19-11-17-7-9-34-21(17)10-15(19)2/h10-11,14,16-18,21-22,32H,4-9,12-13H2,1-3H3,(H,27,28,29). The first-order valence-corrected chi connectivity index (χ1v) is 12.8. The van der Waals surface area contributed by atoms with E-state index in [4.69, 9.17) is 9.72 Å². The van der Waals surface area contributed by atoms with E-state index < -0.39 is 0 Å². The Morgan fingerprint density at radius 1 is 1.29 bits per heavy atom. The molecule has 2 saturated carbocycles. The van der Waals surface area contributed by atoms with Crippen molar-refractivity contribution in [3.8, 4) is 0 Å². The largest absolute Gasteiger partial charge is 0.393 e. The molecule has 2 bridgehead atoms. The number of nitrogens with zero attached hydrogens (tertiary/aromatic N) is 4. The molecular weight excluding hydrogens is 430 g/mol. The lowest BCUT2D eigenvalue weighted by atomic mass is 9.61. The summed E-state index contributed by atoms with van der Waals surface area (Å²) in [6, 6.07) is 0. The zero-order chi connectivity index (χ0) is 23.6. The number of rotatable bonds is 4. The Bertz CT molecular complexity index is 1240. The minimum atomic E-state index is -0.292. The Balaban J connectivity index is 1.41. The van der Waals surface area contributed by atoms with Gasteiger partial charge in [-0.15, -0.1) is 0 Å². The molecule has 0 aromatic carbocycles. The maximum absolute atomic E-state index is 13.6. The third-order valence-electron chi connectivity index (χ3n) is 8.92. The van der Waals surface area contributed by atoms with Crippen molar-refractivity contribution in [2.75, 3.05) is 11.9 Å². The summed E-state index contributed by atoms with van der Waals surface area (Å²) >= 11 is 0. The number of ether oxygens (including phenoxy) is 1. The van der Waals surface area contributed by atoms with Crippen LogP contribution in [0.1, 0.15) is 58.8 Å². The number of hydrogen-bond donors (Lipinski definition) is 2. The molecule has 6 unspecified atom stereocenters. The van der Waals surface area contributed by atoms with Crippen LogP contribution in [0, 0.1) is 17.8 Å². The summed E-state index contributed by atoms with van der Waals surface area (Å²) in [4.78, 5) is 23.1. The molecule has 2 aromatic rings. The van der Waals surface area contributed by atoms with Crippen LogP contribution in [0.2, 0.25) is 0 Å². The quantitative estimate of drug-likeness (QED) is 0.718. The smallest absolute Gasteiger partial charge is 0.330 e. The highest BCUT2D eigenvalue weighted by Crippen LogP contribution is 2.50. The number of aliphatic hydroxyl groups is 1. The normalized spacial score (nSPS) is 35.1. The highest BCUT2D eigenvalue weighted by atomic mass is 16.5. The fourth-order valence-electron chi connectivity index (χ4n) is 7.06. The van der Waals surface area contributed by atoms with Gasteiger partial charge in [0.15, 0.2) is 5.65 Å². The van der Waals surface area contributed by atoms with Crippen LogP contribution < -0.4 is 11.0 Å². The number of nitrogens with one attached hydrogen (secondary N) is 1. The van der Waals surface area contributed by atoms with Crippen molar-refractivity contribution in [3.05, 3.63) is 40.1 Å². The predicted octanol–water partition coefficient (Wildman–Crippen LogP) is 3.47. The summed E-state index contributed by atoms with van der Waals surface area (Å²) in [6.45, 7) is 5.01. The van der Waals surface area contributed by atoms with Crippen molar-refractivity contribution < 1.29 is 9.84 Å². The summed E-state index contributed by atoms with van der Waals surface area (Å²) < 4.78 is 9.44. The van der Waals surface area contributed by atoms with Gasteiger partial charge in [0, 0.05) is 25.3 Å². The monoisotopic (exact) mass is 465 g/mol. The van der Waals surface area contributed by atoms with E-state index in [1.807, 2.05) is 4.57 Å². The Morgan fingerprint density at radius 3 is 2.97 bits per heavy atom. The van der Waals surface area contributed by atoms with Gasteiger partial charge in [-0.05, 0) is 56.4 Å². The number of imidazole rings is 1. The first-order chi connectivity index (χ1) is 16.4. The number of anilines is 1. The van der Waals surface area contributed by atoms with E-state index in [1.54, 1.807) is 17.8 Å². The SMILES string of the molecule is CCC1CC2(n3c(=O)n(C)c4cnc(NC5=CC6CCOC6C=C5C)nc43)CCCC(C2)C1O. The molecule has 6 rings (SSSR count). The molecule has 6 atom stereocenters. The van der Waals surface area contributed by atoms with Gasteiger partial charge in [-0.2, -0.15) is 4.98 Å². The van der Waals surface area contributed by atoms with Crippen molar-refractivity contribution in [1.82, 2.24) is 19.1 Å². The van der Waals surface area contributed by atoms with Gasteiger partial charge in [0.25, 0.3) is 0 Å². The van der Waals surface area contributed by atoms with Gasteiger partial charge < -0.3 is 15.2 Å². The minimum Gasteiger partial charge on any atom is -0.393 e. The van der Waals surface area contributed by atoms with Crippen molar-refractivity contribution in [1.29, 1.82) is 0 Å². The first kappa shape index (κ1) is 22.0. The Labute approximate surface area is 199 Å². The molecule has 34 heavy (non-hydrogen) atoms. The number of aliphatic hydroxyl groups excluding tert-OH is 1. The molecule has 2 aromatic heterocycles. The summed E-state index contributed by atoms with van der Waals surface area (Å²) in [7, 11) is 1.81. The lowest BCUT2D eigenvalue weighted by Crippen LogP contribution is -2.53. The molecule has 3 fully saturated rings. The van der Waals surface area contributed by atoms with Crippen molar-refractivity contribution in [3.63, 3.8) is 0 Å². The van der Waals surface area contributed by atoms with Crippen LogP contribution in [-0.2, 0) is 17.3 Å². The highest BCUT2D eigenvalue weighted by molar-refractivity contribution is 5.72. The third kappa shape index (κ3) is 3.29. The van der Waals surface area contributed by atoms with E-state index in [9.17, 15) is 9.90 Å². The third-order valence-corrected chi connectivity index (χ3v) is 8.92. The van der Waals surface area contributed by atoms with Crippen LogP contribution in [0.15, 0.2) is 34.4 Å². The molecule has 3 heterocycles. The predicted molar refractivity (Wildman–Crippen MR) is 130 cm³/mol.